The molecule has 0 bridgehead atoms. The first-order valence-electron chi connectivity index (χ1n) is 6.08. The molecule has 108 valence electrons. The van der Waals surface area contributed by atoms with Gasteiger partial charge in [0.15, 0.2) is 0 Å². The Hall–Kier alpha value is -0.0700. The van der Waals surface area contributed by atoms with Gasteiger partial charge in [-0.1, -0.05) is 27.5 Å². The molecule has 0 saturated carbocycles. The molecule has 2 nitrogen and oxygen atoms in total. The maximum atomic E-state index is 6.17. The summed E-state index contributed by atoms with van der Waals surface area (Å²) in [4.78, 5) is 1.30. The smallest absolute Gasteiger partial charge is 0.140 e. The van der Waals surface area contributed by atoms with Crippen LogP contribution in [0.2, 0.25) is 5.02 Å². The molecule has 20 heavy (non-hydrogen) atoms. The highest BCUT2D eigenvalue weighted by Crippen LogP contribution is 2.31. The van der Waals surface area contributed by atoms with E-state index in [1.54, 1.807) is 11.3 Å². The van der Waals surface area contributed by atoms with Gasteiger partial charge in [-0.05, 0) is 46.6 Å². The fraction of sp³-hybridized carbons (Fsp3) is 0.286. The predicted molar refractivity (Wildman–Crippen MR) is 93.1 cm³/mol. The third kappa shape index (κ3) is 4.74. The van der Waals surface area contributed by atoms with Crippen LogP contribution in [-0.2, 0) is 6.54 Å². The first-order valence-corrected chi connectivity index (χ1v) is 8.92. The first-order chi connectivity index (χ1) is 9.56. The molecule has 1 aromatic carbocycles. The van der Waals surface area contributed by atoms with Crippen molar-refractivity contribution in [3.63, 3.8) is 0 Å². The fourth-order valence-electron chi connectivity index (χ4n) is 1.76. The Balaban J connectivity index is 1.76. The Bertz CT molecular complexity index is 565. The van der Waals surface area contributed by atoms with E-state index in [1.165, 1.54) is 4.88 Å². The van der Waals surface area contributed by atoms with Crippen LogP contribution in [0.25, 0.3) is 0 Å². The molecule has 0 aliphatic rings. The van der Waals surface area contributed by atoms with Gasteiger partial charge in [-0.15, -0.1) is 11.3 Å². The number of nitrogens with one attached hydrogen (secondary N) is 1. The van der Waals surface area contributed by atoms with Crippen molar-refractivity contribution in [2.24, 2.45) is 0 Å². The number of aryl methyl sites for hydroxylation is 1. The molecule has 0 fully saturated rings. The normalized spacial score (nSPS) is 10.8. The van der Waals surface area contributed by atoms with Crippen LogP contribution in [-0.4, -0.2) is 13.2 Å². The second kappa shape index (κ2) is 7.80. The number of hydrogen-bond donors (Lipinski definition) is 1. The Kier molecular flexibility index (Phi) is 6.36. The van der Waals surface area contributed by atoms with E-state index in [9.17, 15) is 0 Å². The van der Waals surface area contributed by atoms with E-state index in [1.807, 2.05) is 19.1 Å². The zero-order chi connectivity index (χ0) is 14.5. The number of rotatable bonds is 6. The topological polar surface area (TPSA) is 21.3 Å². The average Bonchev–Trinajstić information content (AvgIpc) is 2.77. The number of thiophene rings is 1. The lowest BCUT2D eigenvalue weighted by Gasteiger charge is -2.11. The van der Waals surface area contributed by atoms with E-state index in [0.717, 1.165) is 33.3 Å². The molecule has 0 unspecified atom stereocenters. The van der Waals surface area contributed by atoms with Crippen LogP contribution < -0.4 is 10.1 Å². The Morgan fingerprint density at radius 2 is 2.05 bits per heavy atom. The van der Waals surface area contributed by atoms with Gasteiger partial charge in [0, 0.05) is 32.3 Å². The summed E-state index contributed by atoms with van der Waals surface area (Å²) in [6.07, 6.45) is 0. The lowest BCUT2D eigenvalue weighted by molar-refractivity contribution is 0.312. The predicted octanol–water partition coefficient (Wildman–Crippen LogP) is 5.40. The molecule has 0 amide bonds. The van der Waals surface area contributed by atoms with Crippen LogP contribution in [0, 0.1) is 6.92 Å². The molecule has 0 saturated heterocycles. The van der Waals surface area contributed by atoms with Gasteiger partial charge in [0.1, 0.15) is 12.4 Å². The summed E-state index contributed by atoms with van der Waals surface area (Å²) < 4.78 is 7.84. The molecule has 1 aromatic heterocycles. The third-order valence-electron chi connectivity index (χ3n) is 2.64. The van der Waals surface area contributed by atoms with Gasteiger partial charge in [-0.2, -0.15) is 0 Å². The molecule has 0 spiro atoms. The lowest BCUT2D eigenvalue weighted by atomic mass is 10.2. The first kappa shape index (κ1) is 16.3. The number of benzene rings is 1. The van der Waals surface area contributed by atoms with E-state index in [2.05, 4.69) is 48.6 Å². The summed E-state index contributed by atoms with van der Waals surface area (Å²) >= 11 is 14.8. The molecule has 1 heterocycles. The lowest BCUT2D eigenvalue weighted by Crippen LogP contribution is -2.20. The van der Waals surface area contributed by atoms with E-state index >= 15 is 0 Å². The summed E-state index contributed by atoms with van der Waals surface area (Å²) in [5, 5.41) is 6.07. The molecule has 0 aliphatic heterocycles. The van der Waals surface area contributed by atoms with E-state index in [0.29, 0.717) is 11.6 Å². The summed E-state index contributed by atoms with van der Waals surface area (Å²) in [5.41, 5.74) is 1.03. The number of ether oxygens (including phenoxy) is 1. The van der Waals surface area contributed by atoms with Crippen LogP contribution in [0.3, 0.4) is 0 Å². The highest BCUT2D eigenvalue weighted by atomic mass is 79.9. The zero-order valence-corrected chi connectivity index (χ0v) is 15.6. The van der Waals surface area contributed by atoms with Crippen molar-refractivity contribution in [1.29, 1.82) is 0 Å². The van der Waals surface area contributed by atoms with Gasteiger partial charge in [0.2, 0.25) is 0 Å². The van der Waals surface area contributed by atoms with Crippen molar-refractivity contribution < 1.29 is 4.74 Å². The van der Waals surface area contributed by atoms with Crippen molar-refractivity contribution in [2.75, 3.05) is 13.2 Å². The Morgan fingerprint density at radius 3 is 2.70 bits per heavy atom. The molecule has 6 heteroatoms. The Morgan fingerprint density at radius 1 is 1.25 bits per heavy atom. The molecule has 1 N–H and O–H groups in total. The van der Waals surface area contributed by atoms with Gasteiger partial charge in [0.25, 0.3) is 0 Å². The molecule has 0 atom stereocenters. The minimum Gasteiger partial charge on any atom is -0.490 e. The Labute approximate surface area is 144 Å². The summed E-state index contributed by atoms with van der Waals surface area (Å²) in [7, 11) is 0. The highest BCUT2D eigenvalue weighted by Gasteiger charge is 2.07. The van der Waals surface area contributed by atoms with E-state index in [-0.39, 0.29) is 0 Å². The maximum Gasteiger partial charge on any atom is 0.140 e. The number of hydrogen-bond acceptors (Lipinski definition) is 3. The van der Waals surface area contributed by atoms with Crippen molar-refractivity contribution in [2.45, 2.75) is 13.5 Å². The molecule has 2 rings (SSSR count). The van der Waals surface area contributed by atoms with Crippen LogP contribution in [0.4, 0.5) is 0 Å². The van der Waals surface area contributed by atoms with Gasteiger partial charge < -0.3 is 10.1 Å². The number of halogens is 3. The quantitative estimate of drug-likeness (QED) is 0.608. The van der Waals surface area contributed by atoms with Crippen LogP contribution >= 0.6 is 54.8 Å². The highest BCUT2D eigenvalue weighted by molar-refractivity contribution is 9.10. The standard InChI is InChI=1S/C14H14Br2ClNOS/c1-9-4-10(15)6-13(17)14(9)19-3-2-18-7-12-5-11(16)8-20-12/h4-6,8,18H,2-3,7H2,1H3. The zero-order valence-electron chi connectivity index (χ0n) is 10.9. The van der Waals surface area contributed by atoms with E-state index < -0.39 is 0 Å². The SMILES string of the molecule is Cc1cc(Br)cc(Cl)c1OCCNCc1cc(Br)cs1. The largest absolute Gasteiger partial charge is 0.490 e. The van der Waals surface area contributed by atoms with Gasteiger partial charge >= 0.3 is 0 Å². The van der Waals surface area contributed by atoms with Crippen molar-refractivity contribution >= 4 is 54.8 Å². The van der Waals surface area contributed by atoms with Gasteiger partial charge in [0.05, 0.1) is 5.02 Å². The van der Waals surface area contributed by atoms with Crippen molar-refractivity contribution in [1.82, 2.24) is 5.32 Å². The minimum atomic E-state index is 0.592. The monoisotopic (exact) mass is 437 g/mol. The fourth-order valence-corrected chi connectivity index (χ4v) is 4.20. The van der Waals surface area contributed by atoms with Gasteiger partial charge in [-0.3, -0.25) is 0 Å². The summed E-state index contributed by atoms with van der Waals surface area (Å²) in [5.74, 6) is 0.760. The third-order valence-corrected chi connectivity index (χ3v) is 5.08. The second-order valence-corrected chi connectivity index (χ2v) is 7.52. The molecular weight excluding hydrogens is 425 g/mol. The van der Waals surface area contributed by atoms with E-state index in [4.69, 9.17) is 16.3 Å². The van der Waals surface area contributed by atoms with Crippen molar-refractivity contribution in [3.05, 3.63) is 48.0 Å². The van der Waals surface area contributed by atoms with Gasteiger partial charge in [-0.25, -0.2) is 0 Å². The van der Waals surface area contributed by atoms with Crippen LogP contribution in [0.15, 0.2) is 32.5 Å². The van der Waals surface area contributed by atoms with Crippen LogP contribution in [0.5, 0.6) is 5.75 Å². The summed E-state index contributed by atoms with van der Waals surface area (Å²) in [6.45, 7) is 4.21. The minimum absolute atomic E-state index is 0.592. The molecule has 0 radical (unpaired) electrons. The molecular formula is C14H14Br2ClNOS. The average molecular weight is 440 g/mol. The molecule has 2 aromatic rings. The second-order valence-electron chi connectivity index (χ2n) is 4.29. The van der Waals surface area contributed by atoms with Crippen molar-refractivity contribution in [3.8, 4) is 5.75 Å². The maximum absolute atomic E-state index is 6.17. The van der Waals surface area contributed by atoms with Crippen LogP contribution in [0.1, 0.15) is 10.4 Å². The summed E-state index contributed by atoms with van der Waals surface area (Å²) in [6, 6.07) is 5.96. The molecule has 0 aliphatic carbocycles.